The smallest absolute Gasteiger partial charge is 0.308 e. The normalized spacial score (nSPS) is 10.9. The molecule has 2 heterocycles. The van der Waals surface area contributed by atoms with E-state index >= 15 is 0 Å². The molecule has 8 nitrogen and oxygen atoms in total. The summed E-state index contributed by atoms with van der Waals surface area (Å²) in [6.45, 7) is 0. The van der Waals surface area contributed by atoms with Gasteiger partial charge in [0.1, 0.15) is 22.5 Å². The molecule has 0 saturated heterocycles. The minimum atomic E-state index is -1.00. The van der Waals surface area contributed by atoms with E-state index in [0.29, 0.717) is 29.3 Å². The number of carbonyl (C=O) groups is 2. The van der Waals surface area contributed by atoms with Gasteiger partial charge >= 0.3 is 5.97 Å². The van der Waals surface area contributed by atoms with Crippen LogP contribution < -0.4 is 9.80 Å². The second-order valence-electron chi connectivity index (χ2n) is 8.29. The molecule has 0 aliphatic carbocycles. The van der Waals surface area contributed by atoms with E-state index in [2.05, 4.69) is 15.0 Å². The Bertz CT molecular complexity index is 1410. The highest BCUT2D eigenvalue weighted by atomic mass is 35.5. The van der Waals surface area contributed by atoms with Crippen molar-refractivity contribution in [2.75, 3.05) is 30.9 Å². The maximum atomic E-state index is 13.0. The van der Waals surface area contributed by atoms with Gasteiger partial charge < -0.3 is 14.9 Å². The van der Waals surface area contributed by atoms with E-state index in [4.69, 9.17) is 16.7 Å². The number of hydrogen-bond donors (Lipinski definition) is 1. The van der Waals surface area contributed by atoms with Gasteiger partial charge in [0.25, 0.3) is 5.91 Å². The van der Waals surface area contributed by atoms with E-state index in [9.17, 15) is 9.59 Å². The Labute approximate surface area is 207 Å². The molecule has 0 saturated carbocycles. The fourth-order valence-electron chi connectivity index (χ4n) is 3.73. The molecule has 0 aliphatic heterocycles. The number of aliphatic carboxylic acids is 1. The summed E-state index contributed by atoms with van der Waals surface area (Å²) in [5, 5.41) is 10.3. The summed E-state index contributed by atoms with van der Waals surface area (Å²) >= 11 is 6.29. The Morgan fingerprint density at radius 2 is 1.63 bits per heavy atom. The second kappa shape index (κ2) is 10.1. The molecule has 0 spiro atoms. The topological polar surface area (TPSA) is 99.5 Å². The van der Waals surface area contributed by atoms with Gasteiger partial charge in [-0.05, 0) is 29.8 Å². The van der Waals surface area contributed by atoms with Crippen LogP contribution in [-0.4, -0.2) is 53.1 Å². The third-order valence-corrected chi connectivity index (χ3v) is 5.85. The lowest BCUT2D eigenvalue weighted by atomic mass is 10.1. The molecule has 4 rings (SSSR count). The van der Waals surface area contributed by atoms with Crippen molar-refractivity contribution in [2.24, 2.45) is 0 Å². The van der Waals surface area contributed by atoms with Gasteiger partial charge in [0, 0.05) is 44.2 Å². The van der Waals surface area contributed by atoms with Gasteiger partial charge in [0.2, 0.25) is 0 Å². The van der Waals surface area contributed by atoms with Crippen molar-refractivity contribution < 1.29 is 14.7 Å². The van der Waals surface area contributed by atoms with Crippen LogP contribution in [0.15, 0.2) is 60.7 Å². The zero-order valence-electron chi connectivity index (χ0n) is 19.6. The molecular weight excluding hydrogens is 466 g/mol. The number of rotatable bonds is 7. The van der Waals surface area contributed by atoms with Crippen LogP contribution in [0, 0.1) is 0 Å². The maximum Gasteiger partial charge on any atom is 0.308 e. The SMILES string of the molecule is CN(C)c1nc(Cc2ccc(N(C)C(=O)c3ccc4ccccc4n3)cc2)nc(Cl)c1CC(=O)O. The number of carboxylic acid groups (broad SMARTS) is 1. The van der Waals surface area contributed by atoms with E-state index in [1.54, 1.807) is 37.0 Å². The predicted octanol–water partition coefficient (Wildman–Crippen LogP) is 4.24. The number of halogens is 1. The van der Waals surface area contributed by atoms with Gasteiger partial charge in [-0.1, -0.05) is 48.0 Å². The van der Waals surface area contributed by atoms with Gasteiger partial charge in [0.15, 0.2) is 0 Å². The largest absolute Gasteiger partial charge is 0.481 e. The van der Waals surface area contributed by atoms with Crippen molar-refractivity contribution >= 4 is 45.9 Å². The lowest BCUT2D eigenvalue weighted by Gasteiger charge is -2.18. The molecule has 0 unspecified atom stereocenters. The Morgan fingerprint density at radius 3 is 2.31 bits per heavy atom. The molecule has 0 atom stereocenters. The lowest BCUT2D eigenvalue weighted by Crippen LogP contribution is -2.27. The van der Waals surface area contributed by atoms with Gasteiger partial charge in [-0.25, -0.2) is 15.0 Å². The highest BCUT2D eigenvalue weighted by Gasteiger charge is 2.18. The number of para-hydroxylation sites is 1. The van der Waals surface area contributed by atoms with E-state index in [1.807, 2.05) is 54.6 Å². The highest BCUT2D eigenvalue weighted by molar-refractivity contribution is 6.30. The van der Waals surface area contributed by atoms with Gasteiger partial charge in [-0.2, -0.15) is 0 Å². The number of aromatic nitrogens is 3. The molecule has 0 radical (unpaired) electrons. The Morgan fingerprint density at radius 1 is 0.914 bits per heavy atom. The second-order valence-corrected chi connectivity index (χ2v) is 8.65. The van der Waals surface area contributed by atoms with Crippen LogP contribution in [0.5, 0.6) is 0 Å². The molecular formula is C26H24ClN5O3. The summed E-state index contributed by atoms with van der Waals surface area (Å²) in [6, 6.07) is 18.8. The maximum absolute atomic E-state index is 13.0. The molecule has 1 amide bonds. The number of anilines is 2. The highest BCUT2D eigenvalue weighted by Crippen LogP contribution is 2.25. The fourth-order valence-corrected chi connectivity index (χ4v) is 3.98. The van der Waals surface area contributed by atoms with Crippen LogP contribution in [0.25, 0.3) is 10.9 Å². The van der Waals surface area contributed by atoms with Crippen LogP contribution in [0.4, 0.5) is 11.5 Å². The van der Waals surface area contributed by atoms with E-state index in [1.165, 1.54) is 0 Å². The number of carbonyl (C=O) groups excluding carboxylic acids is 1. The molecule has 0 bridgehead atoms. The Hall–Kier alpha value is -4.04. The summed E-state index contributed by atoms with van der Waals surface area (Å²) < 4.78 is 0. The minimum absolute atomic E-state index is 0.130. The van der Waals surface area contributed by atoms with E-state index in [-0.39, 0.29) is 17.5 Å². The zero-order chi connectivity index (χ0) is 25.1. The summed E-state index contributed by atoms with van der Waals surface area (Å²) in [6.07, 6.45) is 0.145. The van der Waals surface area contributed by atoms with Crippen molar-refractivity contribution in [3.05, 3.63) is 88.5 Å². The first-order valence-electron chi connectivity index (χ1n) is 10.9. The van der Waals surface area contributed by atoms with E-state index in [0.717, 1.165) is 22.2 Å². The van der Waals surface area contributed by atoms with E-state index < -0.39 is 5.97 Å². The first-order valence-corrected chi connectivity index (χ1v) is 11.3. The number of fused-ring (bicyclic) bond motifs is 1. The van der Waals surface area contributed by atoms with Gasteiger partial charge in [0.05, 0.1) is 11.9 Å². The number of benzene rings is 2. The van der Waals surface area contributed by atoms with Gasteiger partial charge in [-0.15, -0.1) is 0 Å². The van der Waals surface area contributed by atoms with Crippen molar-refractivity contribution in [2.45, 2.75) is 12.8 Å². The summed E-state index contributed by atoms with van der Waals surface area (Å²) in [5.74, 6) is -0.250. The predicted molar refractivity (Wildman–Crippen MR) is 136 cm³/mol. The minimum Gasteiger partial charge on any atom is -0.481 e. The molecule has 178 valence electrons. The molecule has 0 aliphatic rings. The molecule has 4 aromatic rings. The average molecular weight is 490 g/mol. The number of amides is 1. The summed E-state index contributed by atoms with van der Waals surface area (Å²) in [4.78, 5) is 40.8. The summed E-state index contributed by atoms with van der Waals surface area (Å²) in [7, 11) is 5.27. The quantitative estimate of drug-likeness (QED) is 0.387. The van der Waals surface area contributed by atoms with Crippen molar-refractivity contribution in [3.8, 4) is 0 Å². The van der Waals surface area contributed by atoms with Crippen LogP contribution >= 0.6 is 11.6 Å². The van der Waals surface area contributed by atoms with Crippen LogP contribution in [0.1, 0.15) is 27.4 Å². The average Bonchev–Trinajstić information content (AvgIpc) is 2.84. The Balaban J connectivity index is 1.52. The molecule has 0 fully saturated rings. The summed E-state index contributed by atoms with van der Waals surface area (Å²) in [5.41, 5.74) is 3.16. The van der Waals surface area contributed by atoms with Crippen LogP contribution in [-0.2, 0) is 17.6 Å². The third kappa shape index (κ3) is 5.38. The molecule has 1 N–H and O–H groups in total. The lowest BCUT2D eigenvalue weighted by molar-refractivity contribution is -0.136. The standard InChI is InChI=1S/C26H24ClN5O3/c1-31(2)25-19(15-23(33)34)24(27)29-22(30-25)14-16-8-11-18(12-9-16)32(3)26(35)21-13-10-17-6-4-5-7-20(17)28-21/h4-13H,14-15H2,1-3H3,(H,33,34). The number of carboxylic acids is 1. The third-order valence-electron chi connectivity index (χ3n) is 5.54. The fraction of sp³-hybridized carbons (Fsp3) is 0.192. The first kappa shape index (κ1) is 24.1. The van der Waals surface area contributed by atoms with Crippen molar-refractivity contribution in [1.82, 2.24) is 15.0 Å². The van der Waals surface area contributed by atoms with Crippen LogP contribution in [0.2, 0.25) is 5.15 Å². The number of hydrogen-bond acceptors (Lipinski definition) is 6. The molecule has 2 aromatic carbocycles. The van der Waals surface area contributed by atoms with Crippen molar-refractivity contribution in [1.29, 1.82) is 0 Å². The molecule has 35 heavy (non-hydrogen) atoms. The molecule has 9 heteroatoms. The van der Waals surface area contributed by atoms with Crippen LogP contribution in [0.3, 0.4) is 0 Å². The van der Waals surface area contributed by atoms with Gasteiger partial charge in [-0.3, -0.25) is 9.59 Å². The number of pyridine rings is 1. The molecule has 2 aromatic heterocycles. The zero-order valence-corrected chi connectivity index (χ0v) is 20.3. The van der Waals surface area contributed by atoms with Crippen molar-refractivity contribution in [3.63, 3.8) is 0 Å². The monoisotopic (exact) mass is 489 g/mol. The number of nitrogens with zero attached hydrogens (tertiary/aromatic N) is 5. The first-order chi connectivity index (χ1) is 16.7. The Kier molecular flexibility index (Phi) is 6.93.